The summed E-state index contributed by atoms with van der Waals surface area (Å²) in [6.45, 7) is 2.28. The number of benzene rings is 3. The molecule has 0 aliphatic carbocycles. The van der Waals surface area contributed by atoms with Gasteiger partial charge in [0.15, 0.2) is 5.92 Å². The number of aromatic nitrogens is 2. The smallest absolute Gasteiger partial charge is 0.321 e. The Kier molecular flexibility index (Phi) is 5.76. The van der Waals surface area contributed by atoms with Gasteiger partial charge in [0, 0.05) is 6.54 Å². The zero-order valence-corrected chi connectivity index (χ0v) is 18.8. The van der Waals surface area contributed by atoms with Crippen LogP contribution in [0, 0.1) is 5.92 Å². The molecule has 34 heavy (non-hydrogen) atoms. The van der Waals surface area contributed by atoms with Crippen LogP contribution in [0.15, 0.2) is 78.9 Å². The van der Waals surface area contributed by atoms with Gasteiger partial charge in [-0.1, -0.05) is 54.6 Å². The molecule has 5 rings (SSSR count). The van der Waals surface area contributed by atoms with Crippen LogP contribution >= 0.6 is 0 Å². The molecule has 1 amide bonds. The molecule has 1 N–H and O–H groups in total. The van der Waals surface area contributed by atoms with Crippen LogP contribution in [-0.2, 0) is 20.7 Å². The van der Waals surface area contributed by atoms with Crippen molar-refractivity contribution < 1.29 is 19.4 Å². The molecule has 0 fully saturated rings. The summed E-state index contributed by atoms with van der Waals surface area (Å²) in [5.74, 6) is -1.38. The molecule has 7 heteroatoms. The number of ether oxygens (including phenoxy) is 1. The molecule has 4 aromatic rings. The van der Waals surface area contributed by atoms with Crippen molar-refractivity contribution in [1.82, 2.24) is 9.55 Å². The topological polar surface area (TPSA) is 84.7 Å². The molecule has 1 aliphatic heterocycles. The summed E-state index contributed by atoms with van der Waals surface area (Å²) in [4.78, 5) is 33.5. The van der Waals surface area contributed by atoms with Crippen LogP contribution in [-0.4, -0.2) is 39.7 Å². The molecule has 2 heterocycles. The van der Waals surface area contributed by atoms with Crippen molar-refractivity contribution in [3.63, 3.8) is 0 Å². The van der Waals surface area contributed by atoms with E-state index in [0.717, 1.165) is 22.2 Å². The summed E-state index contributed by atoms with van der Waals surface area (Å²) >= 11 is 0. The lowest BCUT2D eigenvalue weighted by atomic mass is 9.89. The van der Waals surface area contributed by atoms with E-state index in [1.54, 1.807) is 36.1 Å². The number of amides is 1. The SMILES string of the molecule is CCOC(=O)[C@@H]1C(=O)N(CCc2ccccc2)c2nc3ccccc3n2[C@@H]1c1ccc(O)cc1. The lowest BCUT2D eigenvalue weighted by molar-refractivity contribution is -0.153. The van der Waals surface area contributed by atoms with Crippen molar-refractivity contribution in [2.75, 3.05) is 18.1 Å². The fraction of sp³-hybridized carbons (Fsp3) is 0.222. The van der Waals surface area contributed by atoms with Crippen molar-refractivity contribution in [3.05, 3.63) is 90.0 Å². The second kappa shape index (κ2) is 9.02. The van der Waals surface area contributed by atoms with Gasteiger partial charge in [-0.05, 0) is 48.7 Å². The second-order valence-electron chi connectivity index (χ2n) is 8.26. The average Bonchev–Trinajstić information content (AvgIpc) is 3.23. The zero-order valence-electron chi connectivity index (χ0n) is 18.8. The minimum Gasteiger partial charge on any atom is -0.508 e. The fourth-order valence-electron chi connectivity index (χ4n) is 4.62. The number of anilines is 1. The Hall–Kier alpha value is -4.13. The molecule has 0 spiro atoms. The number of para-hydroxylation sites is 2. The standard InChI is InChI=1S/C27H25N3O4/c1-2-34-26(33)23-24(19-12-14-20(31)15-13-19)30-22-11-7-6-10-21(22)28-27(30)29(25(23)32)17-16-18-8-4-3-5-9-18/h3-15,23-24,31H,2,16-17H2,1H3/t23-,24+/m0/s1. The number of hydrogen-bond donors (Lipinski definition) is 1. The molecule has 0 bridgehead atoms. The molecule has 0 saturated heterocycles. The minimum absolute atomic E-state index is 0.110. The molecular formula is C27H25N3O4. The van der Waals surface area contributed by atoms with Gasteiger partial charge in [-0.3, -0.25) is 14.5 Å². The molecule has 3 aromatic carbocycles. The number of esters is 1. The average molecular weight is 456 g/mol. The third-order valence-corrected chi connectivity index (χ3v) is 6.19. The van der Waals surface area contributed by atoms with E-state index >= 15 is 0 Å². The third kappa shape index (κ3) is 3.79. The summed E-state index contributed by atoms with van der Waals surface area (Å²) in [5, 5.41) is 9.83. The van der Waals surface area contributed by atoms with E-state index in [0.29, 0.717) is 18.9 Å². The van der Waals surface area contributed by atoms with E-state index in [-0.39, 0.29) is 18.3 Å². The fourth-order valence-corrected chi connectivity index (χ4v) is 4.62. The number of fused-ring (bicyclic) bond motifs is 3. The highest BCUT2D eigenvalue weighted by Gasteiger charge is 2.47. The Bertz CT molecular complexity index is 1330. The van der Waals surface area contributed by atoms with Gasteiger partial charge < -0.3 is 14.4 Å². The first-order valence-corrected chi connectivity index (χ1v) is 11.4. The zero-order chi connectivity index (χ0) is 23.7. The van der Waals surface area contributed by atoms with Crippen LogP contribution in [0.4, 0.5) is 5.95 Å². The third-order valence-electron chi connectivity index (χ3n) is 6.19. The Morgan fingerprint density at radius 3 is 2.44 bits per heavy atom. The maximum Gasteiger partial charge on any atom is 0.321 e. The molecule has 7 nitrogen and oxygen atoms in total. The largest absolute Gasteiger partial charge is 0.508 e. The Balaban J connectivity index is 1.68. The predicted octanol–water partition coefficient (Wildman–Crippen LogP) is 4.10. The van der Waals surface area contributed by atoms with Crippen molar-refractivity contribution in [2.45, 2.75) is 19.4 Å². The van der Waals surface area contributed by atoms with Gasteiger partial charge in [-0.2, -0.15) is 0 Å². The van der Waals surface area contributed by atoms with Gasteiger partial charge in [-0.15, -0.1) is 0 Å². The molecule has 2 atom stereocenters. The quantitative estimate of drug-likeness (QED) is 0.350. The molecular weight excluding hydrogens is 430 g/mol. The van der Waals surface area contributed by atoms with E-state index < -0.39 is 17.9 Å². The normalized spacial score (nSPS) is 17.6. The van der Waals surface area contributed by atoms with E-state index in [1.807, 2.05) is 59.2 Å². The number of rotatable bonds is 6. The number of carbonyl (C=O) groups is 2. The summed E-state index contributed by atoms with van der Waals surface area (Å²) in [7, 11) is 0. The first-order chi connectivity index (χ1) is 16.6. The number of phenols is 1. The number of nitrogens with zero attached hydrogens (tertiary/aromatic N) is 3. The molecule has 0 unspecified atom stereocenters. The number of aromatic hydroxyl groups is 1. The lowest BCUT2D eigenvalue weighted by Gasteiger charge is -2.38. The van der Waals surface area contributed by atoms with Crippen molar-refractivity contribution in [1.29, 1.82) is 0 Å². The van der Waals surface area contributed by atoms with Crippen LogP contribution in [0.5, 0.6) is 5.75 Å². The molecule has 0 saturated carbocycles. The second-order valence-corrected chi connectivity index (χ2v) is 8.26. The Morgan fingerprint density at radius 1 is 1.00 bits per heavy atom. The van der Waals surface area contributed by atoms with E-state index in [9.17, 15) is 14.7 Å². The van der Waals surface area contributed by atoms with Gasteiger partial charge in [0.25, 0.3) is 0 Å². The molecule has 0 radical (unpaired) electrons. The van der Waals surface area contributed by atoms with E-state index in [2.05, 4.69) is 0 Å². The van der Waals surface area contributed by atoms with Crippen LogP contribution in [0.1, 0.15) is 24.1 Å². The summed E-state index contributed by atoms with van der Waals surface area (Å²) in [6, 6.07) is 23.5. The number of imidazole rings is 1. The van der Waals surface area contributed by atoms with E-state index in [1.165, 1.54) is 0 Å². The van der Waals surface area contributed by atoms with Crippen molar-refractivity contribution in [3.8, 4) is 5.75 Å². The Labute approximate surface area is 197 Å². The van der Waals surface area contributed by atoms with Crippen molar-refractivity contribution >= 4 is 28.9 Å². The highest BCUT2D eigenvalue weighted by Crippen LogP contribution is 2.41. The molecule has 1 aliphatic rings. The van der Waals surface area contributed by atoms with Crippen LogP contribution in [0.2, 0.25) is 0 Å². The highest BCUT2D eigenvalue weighted by atomic mass is 16.5. The molecule has 1 aromatic heterocycles. The Morgan fingerprint density at radius 2 is 1.71 bits per heavy atom. The summed E-state index contributed by atoms with van der Waals surface area (Å²) in [5.41, 5.74) is 3.37. The van der Waals surface area contributed by atoms with Crippen molar-refractivity contribution in [2.24, 2.45) is 5.92 Å². The van der Waals surface area contributed by atoms with Gasteiger partial charge >= 0.3 is 5.97 Å². The lowest BCUT2D eigenvalue weighted by Crippen LogP contribution is -2.50. The van der Waals surface area contributed by atoms with Crippen LogP contribution in [0.25, 0.3) is 11.0 Å². The highest BCUT2D eigenvalue weighted by molar-refractivity contribution is 6.08. The predicted molar refractivity (Wildman–Crippen MR) is 129 cm³/mol. The number of hydrogen-bond acceptors (Lipinski definition) is 5. The molecule has 172 valence electrons. The van der Waals surface area contributed by atoms with Gasteiger partial charge in [-0.25, -0.2) is 4.98 Å². The van der Waals surface area contributed by atoms with Gasteiger partial charge in [0.05, 0.1) is 23.7 Å². The maximum atomic E-state index is 13.9. The summed E-state index contributed by atoms with van der Waals surface area (Å²) < 4.78 is 7.33. The van der Waals surface area contributed by atoms with Crippen LogP contribution in [0.3, 0.4) is 0 Å². The minimum atomic E-state index is -1.08. The van der Waals surface area contributed by atoms with Crippen LogP contribution < -0.4 is 4.90 Å². The van der Waals surface area contributed by atoms with Gasteiger partial charge in [0.1, 0.15) is 5.75 Å². The van der Waals surface area contributed by atoms with Gasteiger partial charge in [0.2, 0.25) is 11.9 Å². The summed E-state index contributed by atoms with van der Waals surface area (Å²) in [6.07, 6.45) is 0.620. The monoisotopic (exact) mass is 455 g/mol. The first-order valence-electron chi connectivity index (χ1n) is 11.4. The van der Waals surface area contributed by atoms with E-state index in [4.69, 9.17) is 9.72 Å². The number of phenolic OH excluding ortho intramolecular Hbond substituents is 1. The number of carbonyl (C=O) groups excluding carboxylic acids is 2. The first kappa shape index (κ1) is 21.7. The maximum absolute atomic E-state index is 13.9.